The number of hydrogen-bond donors (Lipinski definition) is 2. The summed E-state index contributed by atoms with van der Waals surface area (Å²) in [6, 6.07) is 0.643. The van der Waals surface area contributed by atoms with Crippen molar-refractivity contribution in [1.29, 1.82) is 0 Å². The Bertz CT molecular complexity index is 460. The second-order valence-electron chi connectivity index (χ2n) is 6.25. The van der Waals surface area contributed by atoms with Gasteiger partial charge in [0.05, 0.1) is 5.92 Å². The third kappa shape index (κ3) is 1.85. The summed E-state index contributed by atoms with van der Waals surface area (Å²) in [5.41, 5.74) is -0.952. The standard InChI is InChI=1S/C13H19N3O3/c1-13(2)12(19)15-10(17)6-16(13)11(18)8-5-7-3-4-9(8)14-7/h7-9,14H,3-6H2,1-2H3,(H,15,17,19). The molecule has 3 saturated heterocycles. The Labute approximate surface area is 111 Å². The molecule has 6 nitrogen and oxygen atoms in total. The summed E-state index contributed by atoms with van der Waals surface area (Å²) in [7, 11) is 0. The van der Waals surface area contributed by atoms with E-state index < -0.39 is 17.4 Å². The lowest BCUT2D eigenvalue weighted by molar-refractivity contribution is -0.158. The first-order valence-electron chi connectivity index (χ1n) is 6.81. The van der Waals surface area contributed by atoms with Crippen LogP contribution < -0.4 is 10.6 Å². The molecule has 0 saturated carbocycles. The first-order chi connectivity index (χ1) is 8.89. The molecule has 0 aromatic carbocycles. The minimum absolute atomic E-state index is 0.0224. The molecule has 0 radical (unpaired) electrons. The van der Waals surface area contributed by atoms with Crippen molar-refractivity contribution < 1.29 is 14.4 Å². The maximum Gasteiger partial charge on any atom is 0.252 e. The molecule has 3 rings (SSSR count). The quantitative estimate of drug-likeness (QED) is 0.620. The Kier molecular flexibility index (Phi) is 2.67. The van der Waals surface area contributed by atoms with Crippen LogP contribution in [-0.4, -0.2) is 46.8 Å². The number of carbonyl (C=O) groups is 3. The molecule has 19 heavy (non-hydrogen) atoms. The van der Waals surface area contributed by atoms with Gasteiger partial charge in [-0.1, -0.05) is 0 Å². The van der Waals surface area contributed by atoms with Crippen LogP contribution in [0.25, 0.3) is 0 Å². The van der Waals surface area contributed by atoms with Crippen LogP contribution in [0.1, 0.15) is 33.1 Å². The minimum atomic E-state index is -0.952. The largest absolute Gasteiger partial charge is 0.319 e. The lowest BCUT2D eigenvalue weighted by Crippen LogP contribution is -2.66. The van der Waals surface area contributed by atoms with E-state index in [0.29, 0.717) is 6.04 Å². The number of nitrogens with zero attached hydrogens (tertiary/aromatic N) is 1. The van der Waals surface area contributed by atoms with Crippen molar-refractivity contribution in [3.63, 3.8) is 0 Å². The van der Waals surface area contributed by atoms with Crippen LogP contribution in [0.4, 0.5) is 0 Å². The van der Waals surface area contributed by atoms with Gasteiger partial charge < -0.3 is 10.2 Å². The number of amides is 3. The molecule has 2 bridgehead atoms. The van der Waals surface area contributed by atoms with E-state index >= 15 is 0 Å². The topological polar surface area (TPSA) is 78.5 Å². The molecule has 3 fully saturated rings. The van der Waals surface area contributed by atoms with Gasteiger partial charge in [-0.3, -0.25) is 19.7 Å². The Morgan fingerprint density at radius 3 is 2.63 bits per heavy atom. The predicted molar refractivity (Wildman–Crippen MR) is 67.0 cm³/mol. The Morgan fingerprint density at radius 2 is 2.05 bits per heavy atom. The summed E-state index contributed by atoms with van der Waals surface area (Å²) < 4.78 is 0. The third-order valence-corrected chi connectivity index (χ3v) is 4.67. The maximum atomic E-state index is 12.7. The molecule has 0 aromatic heterocycles. The molecule has 3 atom stereocenters. The van der Waals surface area contributed by atoms with Crippen LogP contribution in [0.5, 0.6) is 0 Å². The zero-order chi connectivity index (χ0) is 13.8. The maximum absolute atomic E-state index is 12.7. The lowest BCUT2D eigenvalue weighted by Gasteiger charge is -2.42. The minimum Gasteiger partial charge on any atom is -0.319 e. The Hall–Kier alpha value is -1.43. The van der Waals surface area contributed by atoms with Crippen molar-refractivity contribution in [2.75, 3.05) is 6.54 Å². The van der Waals surface area contributed by atoms with Crippen molar-refractivity contribution in [2.45, 2.75) is 50.7 Å². The van der Waals surface area contributed by atoms with Gasteiger partial charge in [-0.15, -0.1) is 0 Å². The number of carbonyl (C=O) groups excluding carboxylic acids is 3. The Morgan fingerprint density at radius 1 is 1.32 bits per heavy atom. The summed E-state index contributed by atoms with van der Waals surface area (Å²) >= 11 is 0. The molecule has 3 aliphatic heterocycles. The molecule has 3 aliphatic rings. The molecule has 2 N–H and O–H groups in total. The van der Waals surface area contributed by atoms with Crippen LogP contribution in [0.15, 0.2) is 0 Å². The van der Waals surface area contributed by atoms with Gasteiger partial charge in [0.15, 0.2) is 0 Å². The highest BCUT2D eigenvalue weighted by Gasteiger charge is 2.50. The van der Waals surface area contributed by atoms with E-state index in [4.69, 9.17) is 0 Å². The fraction of sp³-hybridized carbons (Fsp3) is 0.769. The number of imide groups is 1. The number of piperazine rings is 1. The zero-order valence-electron chi connectivity index (χ0n) is 11.2. The van der Waals surface area contributed by atoms with Crippen molar-refractivity contribution in [2.24, 2.45) is 5.92 Å². The summed E-state index contributed by atoms with van der Waals surface area (Å²) in [6.45, 7) is 3.35. The highest BCUT2D eigenvalue weighted by atomic mass is 16.2. The molecule has 3 heterocycles. The summed E-state index contributed by atoms with van der Waals surface area (Å²) in [4.78, 5) is 37.5. The van der Waals surface area contributed by atoms with Crippen LogP contribution in [0.2, 0.25) is 0 Å². The van der Waals surface area contributed by atoms with Gasteiger partial charge in [0, 0.05) is 12.1 Å². The predicted octanol–water partition coefficient (Wildman–Crippen LogP) is -0.609. The van der Waals surface area contributed by atoms with Gasteiger partial charge in [-0.05, 0) is 33.1 Å². The number of hydrogen-bond acceptors (Lipinski definition) is 4. The van der Waals surface area contributed by atoms with Gasteiger partial charge >= 0.3 is 0 Å². The highest BCUT2D eigenvalue weighted by Crippen LogP contribution is 2.35. The molecule has 0 spiro atoms. The molecule has 3 unspecified atom stereocenters. The van der Waals surface area contributed by atoms with Crippen molar-refractivity contribution in [1.82, 2.24) is 15.5 Å². The highest BCUT2D eigenvalue weighted by molar-refractivity contribution is 6.06. The second kappa shape index (κ2) is 4.03. The molecule has 0 aliphatic carbocycles. The van der Waals surface area contributed by atoms with E-state index in [9.17, 15) is 14.4 Å². The molecule has 0 aromatic rings. The number of nitrogens with one attached hydrogen (secondary N) is 2. The molecule has 3 amide bonds. The SMILES string of the molecule is CC1(C)C(=O)NC(=O)CN1C(=O)C1CC2CCC1N2. The van der Waals surface area contributed by atoms with E-state index in [1.165, 1.54) is 4.90 Å². The summed E-state index contributed by atoms with van der Waals surface area (Å²) in [6.07, 6.45) is 2.96. The molecule has 6 heteroatoms. The summed E-state index contributed by atoms with van der Waals surface area (Å²) in [5, 5.41) is 5.71. The van der Waals surface area contributed by atoms with E-state index in [0.717, 1.165) is 19.3 Å². The van der Waals surface area contributed by atoms with Crippen LogP contribution in [0, 0.1) is 5.92 Å². The molecule has 104 valence electrons. The van der Waals surface area contributed by atoms with E-state index in [2.05, 4.69) is 10.6 Å². The molecular formula is C13H19N3O3. The van der Waals surface area contributed by atoms with Crippen LogP contribution in [0.3, 0.4) is 0 Å². The van der Waals surface area contributed by atoms with Crippen LogP contribution in [-0.2, 0) is 14.4 Å². The van der Waals surface area contributed by atoms with E-state index in [1.807, 2.05) is 0 Å². The van der Waals surface area contributed by atoms with Crippen molar-refractivity contribution >= 4 is 17.7 Å². The third-order valence-electron chi connectivity index (χ3n) is 4.67. The van der Waals surface area contributed by atoms with Gasteiger partial charge in [0.2, 0.25) is 11.8 Å². The average molecular weight is 265 g/mol. The normalized spacial score (nSPS) is 36.5. The van der Waals surface area contributed by atoms with Crippen LogP contribution >= 0.6 is 0 Å². The first kappa shape index (κ1) is 12.6. The zero-order valence-corrected chi connectivity index (χ0v) is 11.2. The van der Waals surface area contributed by atoms with Crippen molar-refractivity contribution in [3.8, 4) is 0 Å². The number of rotatable bonds is 1. The van der Waals surface area contributed by atoms with Gasteiger partial charge in [-0.2, -0.15) is 0 Å². The smallest absolute Gasteiger partial charge is 0.252 e. The fourth-order valence-electron chi connectivity index (χ4n) is 3.43. The first-order valence-corrected chi connectivity index (χ1v) is 6.81. The van der Waals surface area contributed by atoms with Gasteiger partial charge in [0.25, 0.3) is 5.91 Å². The van der Waals surface area contributed by atoms with Crippen molar-refractivity contribution in [3.05, 3.63) is 0 Å². The monoisotopic (exact) mass is 265 g/mol. The van der Waals surface area contributed by atoms with E-state index in [-0.39, 0.29) is 24.4 Å². The fourth-order valence-corrected chi connectivity index (χ4v) is 3.43. The van der Waals surface area contributed by atoms with Gasteiger partial charge in [-0.25, -0.2) is 0 Å². The summed E-state index contributed by atoms with van der Waals surface area (Å²) in [5.74, 6) is -0.938. The van der Waals surface area contributed by atoms with Gasteiger partial charge in [0.1, 0.15) is 12.1 Å². The molecular weight excluding hydrogens is 246 g/mol. The number of fused-ring (bicyclic) bond motifs is 2. The Balaban J connectivity index is 1.82. The second-order valence-corrected chi connectivity index (χ2v) is 6.25. The van der Waals surface area contributed by atoms with E-state index in [1.54, 1.807) is 13.8 Å². The lowest BCUT2D eigenvalue weighted by atomic mass is 9.86. The average Bonchev–Trinajstić information content (AvgIpc) is 2.95.